The molecule has 0 N–H and O–H groups in total. The summed E-state index contributed by atoms with van der Waals surface area (Å²) in [4.78, 5) is 25.2. The largest absolute Gasteiger partial charge is 0.467 e. The molecule has 7 nitrogen and oxygen atoms in total. The van der Waals surface area contributed by atoms with E-state index in [1.807, 2.05) is 35.2 Å². The van der Waals surface area contributed by atoms with Gasteiger partial charge >= 0.3 is 6.01 Å². The van der Waals surface area contributed by atoms with Crippen molar-refractivity contribution < 1.29 is 14.3 Å². The number of hydrogen-bond acceptors (Lipinski definition) is 6. The van der Waals surface area contributed by atoms with Crippen LogP contribution in [0.5, 0.6) is 6.01 Å². The number of carbonyl (C=O) groups is 1. The van der Waals surface area contributed by atoms with Gasteiger partial charge in [-0.1, -0.05) is 18.2 Å². The number of para-hydroxylation sites is 1. The molecular formula is C20H24N4O3. The Morgan fingerprint density at radius 3 is 2.63 bits per heavy atom. The highest BCUT2D eigenvalue weighted by atomic mass is 16.5. The molecule has 27 heavy (non-hydrogen) atoms. The van der Waals surface area contributed by atoms with E-state index in [0.717, 1.165) is 43.7 Å². The Hall–Kier alpha value is -2.51. The van der Waals surface area contributed by atoms with Gasteiger partial charge in [-0.2, -0.15) is 0 Å². The highest BCUT2D eigenvalue weighted by molar-refractivity contribution is 5.95. The van der Waals surface area contributed by atoms with E-state index in [2.05, 4.69) is 14.9 Å². The lowest BCUT2D eigenvalue weighted by molar-refractivity contribution is -0.132. The van der Waals surface area contributed by atoms with Crippen LogP contribution >= 0.6 is 0 Å². The number of anilines is 1. The minimum absolute atomic E-state index is 0.0412. The quantitative estimate of drug-likeness (QED) is 0.821. The number of rotatable bonds is 4. The van der Waals surface area contributed by atoms with Crippen molar-refractivity contribution in [3.63, 3.8) is 0 Å². The van der Waals surface area contributed by atoms with Gasteiger partial charge in [0, 0.05) is 43.3 Å². The molecule has 0 unspecified atom stereocenters. The molecule has 1 amide bonds. The molecule has 2 aromatic rings. The second-order valence-electron chi connectivity index (χ2n) is 6.95. The number of methoxy groups -OCH3 is 1. The lowest BCUT2D eigenvalue weighted by Crippen LogP contribution is -2.54. The summed E-state index contributed by atoms with van der Waals surface area (Å²) in [7, 11) is 1.56. The van der Waals surface area contributed by atoms with Crippen LogP contribution in [0.25, 0.3) is 0 Å². The van der Waals surface area contributed by atoms with Crippen molar-refractivity contribution in [2.75, 3.05) is 31.7 Å². The minimum Gasteiger partial charge on any atom is -0.467 e. The van der Waals surface area contributed by atoms with Crippen molar-refractivity contribution in [1.29, 1.82) is 0 Å². The summed E-state index contributed by atoms with van der Waals surface area (Å²) in [5.41, 5.74) is 2.01. The molecule has 7 heteroatoms. The van der Waals surface area contributed by atoms with Gasteiger partial charge in [0.1, 0.15) is 6.61 Å². The summed E-state index contributed by atoms with van der Waals surface area (Å²) in [6.07, 6.45) is 5.46. The Labute approximate surface area is 158 Å². The Morgan fingerprint density at radius 2 is 1.89 bits per heavy atom. The van der Waals surface area contributed by atoms with E-state index in [-0.39, 0.29) is 24.7 Å². The van der Waals surface area contributed by atoms with Gasteiger partial charge in [-0.3, -0.25) is 9.69 Å². The SMILES string of the molecule is COc1ncc(CN2CC[C@@H]3OCC(=O)N(c4ccccc4)[C@H]3CC2)cn1. The van der Waals surface area contributed by atoms with E-state index in [4.69, 9.17) is 9.47 Å². The Balaban J connectivity index is 1.46. The number of amides is 1. The normalized spacial score (nSPS) is 23.6. The van der Waals surface area contributed by atoms with Gasteiger partial charge in [0.2, 0.25) is 0 Å². The third-order valence-corrected chi connectivity index (χ3v) is 5.23. The van der Waals surface area contributed by atoms with Crippen LogP contribution < -0.4 is 9.64 Å². The van der Waals surface area contributed by atoms with Gasteiger partial charge in [-0.15, -0.1) is 0 Å². The molecule has 4 rings (SSSR count). The summed E-state index contributed by atoms with van der Waals surface area (Å²) in [5.74, 6) is 0.0412. The molecule has 0 radical (unpaired) electrons. The predicted octanol–water partition coefficient (Wildman–Crippen LogP) is 1.88. The number of likely N-dealkylation sites (tertiary alicyclic amines) is 1. The number of nitrogens with zero attached hydrogens (tertiary/aromatic N) is 4. The average Bonchev–Trinajstić information content (AvgIpc) is 2.92. The molecule has 1 aromatic heterocycles. The van der Waals surface area contributed by atoms with E-state index >= 15 is 0 Å². The monoisotopic (exact) mass is 368 g/mol. The van der Waals surface area contributed by atoms with Crippen LogP contribution in [0, 0.1) is 0 Å². The van der Waals surface area contributed by atoms with Crippen LogP contribution in [-0.2, 0) is 16.1 Å². The number of aromatic nitrogens is 2. The first-order chi connectivity index (χ1) is 13.2. The van der Waals surface area contributed by atoms with Crippen LogP contribution in [0.1, 0.15) is 18.4 Å². The maximum absolute atomic E-state index is 12.6. The van der Waals surface area contributed by atoms with Crippen LogP contribution in [-0.4, -0.2) is 59.7 Å². The zero-order valence-electron chi connectivity index (χ0n) is 15.5. The summed E-state index contributed by atoms with van der Waals surface area (Å²) in [6, 6.07) is 10.4. The number of morpholine rings is 1. The van der Waals surface area contributed by atoms with Crippen LogP contribution in [0.3, 0.4) is 0 Å². The first-order valence-corrected chi connectivity index (χ1v) is 9.30. The van der Waals surface area contributed by atoms with E-state index < -0.39 is 0 Å². The van der Waals surface area contributed by atoms with Crippen LogP contribution in [0.4, 0.5) is 5.69 Å². The van der Waals surface area contributed by atoms with Crippen molar-refractivity contribution in [3.05, 3.63) is 48.3 Å². The smallest absolute Gasteiger partial charge is 0.316 e. The molecule has 2 fully saturated rings. The number of benzene rings is 1. The molecule has 2 atom stereocenters. The zero-order chi connectivity index (χ0) is 18.6. The van der Waals surface area contributed by atoms with Crippen molar-refractivity contribution in [3.8, 4) is 6.01 Å². The molecule has 0 spiro atoms. The van der Waals surface area contributed by atoms with Gasteiger partial charge in [-0.05, 0) is 25.0 Å². The third-order valence-electron chi connectivity index (χ3n) is 5.23. The maximum Gasteiger partial charge on any atom is 0.316 e. The van der Waals surface area contributed by atoms with Gasteiger partial charge in [0.05, 0.1) is 19.3 Å². The second kappa shape index (κ2) is 8.02. The predicted molar refractivity (Wildman–Crippen MR) is 101 cm³/mol. The molecule has 1 aromatic carbocycles. The van der Waals surface area contributed by atoms with Gasteiger partial charge in [-0.25, -0.2) is 9.97 Å². The van der Waals surface area contributed by atoms with Gasteiger partial charge in [0.15, 0.2) is 0 Å². The average molecular weight is 368 g/mol. The minimum atomic E-state index is 0.0412. The Bertz CT molecular complexity index is 769. The van der Waals surface area contributed by atoms with Crippen molar-refractivity contribution in [1.82, 2.24) is 14.9 Å². The molecule has 0 aliphatic carbocycles. The second-order valence-corrected chi connectivity index (χ2v) is 6.95. The summed E-state index contributed by atoms with van der Waals surface area (Å²) >= 11 is 0. The summed E-state index contributed by atoms with van der Waals surface area (Å²) in [6.45, 7) is 2.75. The molecular weight excluding hydrogens is 344 g/mol. The molecule has 2 aliphatic heterocycles. The maximum atomic E-state index is 12.6. The number of fused-ring (bicyclic) bond motifs is 1. The van der Waals surface area contributed by atoms with E-state index in [1.54, 1.807) is 19.5 Å². The van der Waals surface area contributed by atoms with Gasteiger partial charge < -0.3 is 14.4 Å². The molecule has 2 aliphatic rings. The fourth-order valence-corrected chi connectivity index (χ4v) is 3.91. The zero-order valence-corrected chi connectivity index (χ0v) is 15.5. The van der Waals surface area contributed by atoms with Crippen LogP contribution in [0.2, 0.25) is 0 Å². The molecule has 142 valence electrons. The fourth-order valence-electron chi connectivity index (χ4n) is 3.91. The fraction of sp³-hybridized carbons (Fsp3) is 0.450. The van der Waals surface area contributed by atoms with Gasteiger partial charge in [0.25, 0.3) is 5.91 Å². The van der Waals surface area contributed by atoms with E-state index in [9.17, 15) is 4.79 Å². The molecule has 2 saturated heterocycles. The number of ether oxygens (including phenoxy) is 2. The first kappa shape index (κ1) is 17.9. The van der Waals surface area contributed by atoms with Crippen molar-refractivity contribution >= 4 is 11.6 Å². The number of carbonyl (C=O) groups excluding carboxylic acids is 1. The first-order valence-electron chi connectivity index (χ1n) is 9.30. The number of hydrogen-bond donors (Lipinski definition) is 0. The van der Waals surface area contributed by atoms with Crippen molar-refractivity contribution in [2.45, 2.75) is 31.5 Å². The molecule has 0 bridgehead atoms. The van der Waals surface area contributed by atoms with E-state index in [1.165, 1.54) is 0 Å². The standard InChI is InChI=1S/C20H24N4O3/c1-26-20-21-11-15(12-22-20)13-23-9-7-17-18(8-10-23)27-14-19(25)24(17)16-5-3-2-4-6-16/h2-6,11-12,17-18H,7-10,13-14H2,1H3/t17-,18-/m0/s1. The lowest BCUT2D eigenvalue weighted by atomic mass is 10.0. The summed E-state index contributed by atoms with van der Waals surface area (Å²) in [5, 5.41) is 0. The summed E-state index contributed by atoms with van der Waals surface area (Å²) < 4.78 is 10.9. The van der Waals surface area contributed by atoms with Crippen LogP contribution in [0.15, 0.2) is 42.7 Å². The Morgan fingerprint density at radius 1 is 1.15 bits per heavy atom. The highest BCUT2D eigenvalue weighted by Crippen LogP contribution is 2.29. The highest BCUT2D eigenvalue weighted by Gasteiger charge is 2.39. The molecule has 3 heterocycles. The van der Waals surface area contributed by atoms with E-state index in [0.29, 0.717) is 6.01 Å². The molecule has 0 saturated carbocycles. The van der Waals surface area contributed by atoms with Crippen molar-refractivity contribution in [2.24, 2.45) is 0 Å². The Kier molecular flexibility index (Phi) is 5.31. The third kappa shape index (κ3) is 3.94. The lowest BCUT2D eigenvalue weighted by Gasteiger charge is -2.40. The topological polar surface area (TPSA) is 67.8 Å².